The molecule has 1 aromatic carbocycles. The van der Waals surface area contributed by atoms with Gasteiger partial charge in [0.05, 0.1) is 6.61 Å². The largest absolute Gasteiger partial charge is 0.383 e. The fourth-order valence-corrected chi connectivity index (χ4v) is 1.88. The number of ether oxygens (including phenoxy) is 1. The van der Waals surface area contributed by atoms with E-state index in [-0.39, 0.29) is 0 Å². The average Bonchev–Trinajstić information content (AvgIpc) is 2.31. The van der Waals surface area contributed by atoms with Gasteiger partial charge in [0.15, 0.2) is 5.11 Å². The fourth-order valence-electron chi connectivity index (χ4n) is 1.16. The minimum Gasteiger partial charge on any atom is -0.383 e. The molecule has 0 aliphatic rings. The Kier molecular flexibility index (Phi) is 6.92. The minimum absolute atomic E-state index is 0.473. The summed E-state index contributed by atoms with van der Waals surface area (Å²) in [7, 11) is 1.61. The minimum atomic E-state index is -2.40. The van der Waals surface area contributed by atoms with E-state index in [0.717, 1.165) is 5.69 Å². The molecule has 0 fully saturated rings. The van der Waals surface area contributed by atoms with Gasteiger partial charge in [-0.05, 0) is 36.5 Å². The maximum Gasteiger partial charge on any atom is 0.288 e. The van der Waals surface area contributed by atoms with E-state index in [2.05, 4.69) is 10.6 Å². The Bertz CT molecular complexity index is 374. The Morgan fingerprint density at radius 1 is 1.39 bits per heavy atom. The first-order chi connectivity index (χ1) is 8.61. The zero-order chi connectivity index (χ0) is 13.4. The highest BCUT2D eigenvalue weighted by Crippen LogP contribution is 2.26. The highest BCUT2D eigenvalue weighted by molar-refractivity contribution is 7.99. The molecule has 0 radical (unpaired) electrons. The van der Waals surface area contributed by atoms with E-state index in [1.54, 1.807) is 31.4 Å². The number of hydrogen-bond acceptors (Lipinski definition) is 3. The molecule has 0 aliphatic heterocycles. The van der Waals surface area contributed by atoms with Crippen LogP contribution in [0.15, 0.2) is 29.2 Å². The number of thiocarbonyl (C=S) groups is 1. The summed E-state index contributed by atoms with van der Waals surface area (Å²) in [6.45, 7) is 1.17. The predicted molar refractivity (Wildman–Crippen MR) is 74.4 cm³/mol. The Morgan fingerprint density at radius 2 is 2.06 bits per heavy atom. The van der Waals surface area contributed by atoms with Gasteiger partial charge in [0.2, 0.25) is 0 Å². The number of thioether (sulfide) groups is 1. The van der Waals surface area contributed by atoms with Crippen LogP contribution in [0.4, 0.5) is 14.5 Å². The van der Waals surface area contributed by atoms with Gasteiger partial charge >= 0.3 is 0 Å². The van der Waals surface area contributed by atoms with Gasteiger partial charge in [-0.3, -0.25) is 0 Å². The monoisotopic (exact) mass is 292 g/mol. The van der Waals surface area contributed by atoms with Crippen molar-refractivity contribution in [3.8, 4) is 0 Å². The molecule has 0 unspecified atom stereocenters. The number of methoxy groups -OCH3 is 1. The van der Waals surface area contributed by atoms with Crippen LogP contribution in [0.2, 0.25) is 0 Å². The first-order valence-corrected chi connectivity index (χ1v) is 6.49. The summed E-state index contributed by atoms with van der Waals surface area (Å²) < 4.78 is 29.1. The van der Waals surface area contributed by atoms with Crippen molar-refractivity contribution >= 4 is 34.8 Å². The van der Waals surface area contributed by atoms with Crippen molar-refractivity contribution in [3.63, 3.8) is 0 Å². The van der Waals surface area contributed by atoms with Crippen molar-refractivity contribution in [3.05, 3.63) is 24.3 Å². The zero-order valence-electron chi connectivity index (χ0n) is 9.78. The van der Waals surface area contributed by atoms with Gasteiger partial charge in [0, 0.05) is 24.2 Å². The SMILES string of the molecule is COCCNC(=S)Nc1ccc(SC(F)F)cc1. The zero-order valence-corrected chi connectivity index (χ0v) is 11.4. The molecule has 0 bridgehead atoms. The molecule has 1 aromatic rings. The first-order valence-electron chi connectivity index (χ1n) is 5.20. The van der Waals surface area contributed by atoms with Crippen LogP contribution in [0.3, 0.4) is 0 Å². The molecule has 1 rings (SSSR count). The molecule has 0 heterocycles. The fraction of sp³-hybridized carbons (Fsp3) is 0.364. The molecule has 0 aromatic heterocycles. The smallest absolute Gasteiger partial charge is 0.288 e. The van der Waals surface area contributed by atoms with Crippen LogP contribution < -0.4 is 10.6 Å². The maximum absolute atomic E-state index is 12.1. The van der Waals surface area contributed by atoms with E-state index in [1.165, 1.54) is 0 Å². The van der Waals surface area contributed by atoms with E-state index in [0.29, 0.717) is 34.9 Å². The summed E-state index contributed by atoms with van der Waals surface area (Å²) in [6.07, 6.45) is 0. The standard InChI is InChI=1S/C11H14F2N2OS2/c1-16-7-6-14-11(17)15-8-2-4-9(5-3-8)18-10(12)13/h2-5,10H,6-7H2,1H3,(H2,14,15,17). The third-order valence-electron chi connectivity index (χ3n) is 1.93. The number of hydrogen-bond donors (Lipinski definition) is 2. The third-order valence-corrected chi connectivity index (χ3v) is 2.90. The van der Waals surface area contributed by atoms with Crippen LogP contribution in [0.1, 0.15) is 0 Å². The molecule has 18 heavy (non-hydrogen) atoms. The second-order valence-corrected chi connectivity index (χ2v) is 4.75. The van der Waals surface area contributed by atoms with E-state index in [1.807, 2.05) is 0 Å². The molecule has 0 spiro atoms. The van der Waals surface area contributed by atoms with E-state index in [4.69, 9.17) is 17.0 Å². The molecule has 0 aliphatic carbocycles. The summed E-state index contributed by atoms with van der Waals surface area (Å²) in [5, 5.41) is 6.37. The Labute approximate surface area is 114 Å². The van der Waals surface area contributed by atoms with Crippen LogP contribution >= 0.6 is 24.0 Å². The summed E-state index contributed by atoms with van der Waals surface area (Å²) in [5.41, 5.74) is 0.753. The Balaban J connectivity index is 2.40. The lowest BCUT2D eigenvalue weighted by molar-refractivity contribution is 0.204. The number of anilines is 1. The van der Waals surface area contributed by atoms with Crippen molar-refractivity contribution in [1.82, 2.24) is 5.32 Å². The average molecular weight is 292 g/mol. The van der Waals surface area contributed by atoms with Gasteiger partial charge in [-0.2, -0.15) is 8.78 Å². The maximum atomic E-state index is 12.1. The molecule has 0 atom stereocenters. The van der Waals surface area contributed by atoms with Gasteiger partial charge in [0.1, 0.15) is 0 Å². The van der Waals surface area contributed by atoms with E-state index in [9.17, 15) is 8.78 Å². The van der Waals surface area contributed by atoms with E-state index < -0.39 is 5.76 Å². The number of nitrogens with one attached hydrogen (secondary N) is 2. The molecule has 7 heteroatoms. The lowest BCUT2D eigenvalue weighted by atomic mass is 10.3. The highest BCUT2D eigenvalue weighted by atomic mass is 32.2. The Hall–Kier alpha value is -0.920. The molecular formula is C11H14F2N2OS2. The molecule has 0 saturated carbocycles. The van der Waals surface area contributed by atoms with Crippen LogP contribution in [0.25, 0.3) is 0 Å². The predicted octanol–water partition coefficient (Wildman–Crippen LogP) is 2.93. The number of alkyl halides is 2. The topological polar surface area (TPSA) is 33.3 Å². The van der Waals surface area contributed by atoms with Crippen LogP contribution in [0.5, 0.6) is 0 Å². The van der Waals surface area contributed by atoms with E-state index >= 15 is 0 Å². The third kappa shape index (κ3) is 6.13. The summed E-state index contributed by atoms with van der Waals surface area (Å²) in [6, 6.07) is 6.65. The highest BCUT2D eigenvalue weighted by Gasteiger charge is 2.05. The van der Waals surface area contributed by atoms with Crippen molar-refractivity contribution in [2.75, 3.05) is 25.6 Å². The molecular weight excluding hydrogens is 278 g/mol. The van der Waals surface area contributed by atoms with Crippen molar-refractivity contribution in [2.45, 2.75) is 10.7 Å². The second kappa shape index (κ2) is 8.23. The lowest BCUT2D eigenvalue weighted by Crippen LogP contribution is -2.31. The quantitative estimate of drug-likeness (QED) is 0.478. The van der Waals surface area contributed by atoms with Crippen molar-refractivity contribution < 1.29 is 13.5 Å². The summed E-state index contributed by atoms with van der Waals surface area (Å²) >= 11 is 5.57. The first kappa shape index (κ1) is 15.1. The lowest BCUT2D eigenvalue weighted by Gasteiger charge is -2.10. The van der Waals surface area contributed by atoms with Gasteiger partial charge in [-0.25, -0.2) is 0 Å². The molecule has 100 valence electrons. The molecule has 3 nitrogen and oxygen atoms in total. The van der Waals surface area contributed by atoms with Crippen molar-refractivity contribution in [2.24, 2.45) is 0 Å². The summed E-state index contributed by atoms with van der Waals surface area (Å²) in [5.74, 6) is -2.40. The van der Waals surface area contributed by atoms with Crippen LogP contribution in [-0.2, 0) is 4.74 Å². The molecule has 2 N–H and O–H groups in total. The number of rotatable bonds is 6. The second-order valence-electron chi connectivity index (χ2n) is 3.28. The van der Waals surface area contributed by atoms with Crippen LogP contribution in [0, 0.1) is 0 Å². The van der Waals surface area contributed by atoms with Crippen molar-refractivity contribution in [1.29, 1.82) is 0 Å². The molecule has 0 amide bonds. The number of benzene rings is 1. The normalized spacial score (nSPS) is 10.4. The molecule has 0 saturated heterocycles. The van der Waals surface area contributed by atoms with Gasteiger partial charge < -0.3 is 15.4 Å². The van der Waals surface area contributed by atoms with Crippen LogP contribution in [-0.4, -0.2) is 31.1 Å². The van der Waals surface area contributed by atoms with Gasteiger partial charge in [-0.1, -0.05) is 11.8 Å². The van der Waals surface area contributed by atoms with Gasteiger partial charge in [0.25, 0.3) is 5.76 Å². The Morgan fingerprint density at radius 3 is 2.61 bits per heavy atom. The number of halogens is 2. The summed E-state index contributed by atoms with van der Waals surface area (Å²) in [4.78, 5) is 0.522. The van der Waals surface area contributed by atoms with Gasteiger partial charge in [-0.15, -0.1) is 0 Å².